The molecule has 0 spiro atoms. The molecule has 4 aromatic rings. The van der Waals surface area contributed by atoms with E-state index in [4.69, 9.17) is 0 Å². The van der Waals surface area contributed by atoms with Crippen LogP contribution in [-0.4, -0.2) is 25.7 Å². The zero-order valence-corrected chi connectivity index (χ0v) is 17.3. The highest BCUT2D eigenvalue weighted by atomic mass is 32.1. The van der Waals surface area contributed by atoms with Gasteiger partial charge in [0.15, 0.2) is 5.13 Å². The summed E-state index contributed by atoms with van der Waals surface area (Å²) in [6.07, 6.45) is 3.40. The summed E-state index contributed by atoms with van der Waals surface area (Å²) in [6, 6.07) is 13.8. The Bertz CT molecular complexity index is 1230. The quantitative estimate of drug-likeness (QED) is 0.531. The van der Waals surface area contributed by atoms with Crippen molar-refractivity contribution in [3.8, 4) is 22.5 Å². The molecule has 4 rings (SSSR count). The van der Waals surface area contributed by atoms with Gasteiger partial charge in [-0.3, -0.25) is 14.6 Å². The summed E-state index contributed by atoms with van der Waals surface area (Å²) in [7, 11) is 0. The lowest BCUT2D eigenvalue weighted by Crippen LogP contribution is -2.33. The number of amides is 1. The fourth-order valence-electron chi connectivity index (χ4n) is 2.88. The van der Waals surface area contributed by atoms with Crippen molar-refractivity contribution >= 4 is 22.4 Å². The maximum atomic E-state index is 12.7. The lowest BCUT2D eigenvalue weighted by Gasteiger charge is -2.14. The Hall–Kier alpha value is -3.65. The summed E-state index contributed by atoms with van der Waals surface area (Å²) in [5.74, 6) is -0.363. The molecule has 0 aliphatic rings. The smallest absolute Gasteiger partial charge is 0.267 e. The third-order valence-electron chi connectivity index (χ3n) is 4.61. The molecule has 3 aromatic heterocycles. The van der Waals surface area contributed by atoms with Crippen molar-refractivity contribution in [1.29, 1.82) is 0 Å². The monoisotopic (exact) mass is 417 g/mol. The third-order valence-corrected chi connectivity index (χ3v) is 5.37. The molecule has 1 aromatic carbocycles. The molecular formula is C22H19N5O2S. The van der Waals surface area contributed by atoms with Crippen LogP contribution in [-0.2, 0) is 4.79 Å². The predicted molar refractivity (Wildman–Crippen MR) is 117 cm³/mol. The van der Waals surface area contributed by atoms with Crippen molar-refractivity contribution in [3.63, 3.8) is 0 Å². The highest BCUT2D eigenvalue weighted by Crippen LogP contribution is 2.24. The van der Waals surface area contributed by atoms with Crippen molar-refractivity contribution in [2.24, 2.45) is 0 Å². The number of pyridine rings is 1. The van der Waals surface area contributed by atoms with Crippen LogP contribution in [0.1, 0.15) is 18.5 Å². The topological polar surface area (TPSA) is 89.8 Å². The number of hydrogen-bond donors (Lipinski definition) is 1. The molecule has 1 N–H and O–H groups in total. The molecule has 0 aliphatic heterocycles. The Morgan fingerprint density at radius 1 is 1.07 bits per heavy atom. The molecule has 30 heavy (non-hydrogen) atoms. The van der Waals surface area contributed by atoms with E-state index in [1.54, 1.807) is 25.4 Å². The first kappa shape index (κ1) is 19.7. The molecule has 0 bridgehead atoms. The molecule has 0 saturated heterocycles. The average Bonchev–Trinajstić information content (AvgIpc) is 3.23. The Morgan fingerprint density at radius 3 is 2.60 bits per heavy atom. The minimum absolute atomic E-state index is 0.344. The molecule has 1 atom stereocenters. The van der Waals surface area contributed by atoms with Gasteiger partial charge in [-0.25, -0.2) is 9.67 Å². The highest BCUT2D eigenvalue weighted by molar-refractivity contribution is 7.14. The zero-order chi connectivity index (χ0) is 21.1. The number of aryl methyl sites for hydroxylation is 1. The molecule has 8 heteroatoms. The van der Waals surface area contributed by atoms with Crippen molar-refractivity contribution < 1.29 is 4.79 Å². The van der Waals surface area contributed by atoms with Gasteiger partial charge in [0.25, 0.3) is 11.5 Å². The minimum atomic E-state index is -0.798. The Morgan fingerprint density at radius 2 is 1.87 bits per heavy atom. The van der Waals surface area contributed by atoms with E-state index in [1.807, 2.05) is 48.7 Å². The van der Waals surface area contributed by atoms with Crippen LogP contribution in [0.25, 0.3) is 22.5 Å². The Kier molecular flexibility index (Phi) is 5.49. The summed E-state index contributed by atoms with van der Waals surface area (Å²) >= 11 is 1.31. The van der Waals surface area contributed by atoms with E-state index in [0.29, 0.717) is 10.8 Å². The number of thiazole rings is 1. The van der Waals surface area contributed by atoms with E-state index >= 15 is 0 Å². The van der Waals surface area contributed by atoms with Gasteiger partial charge >= 0.3 is 0 Å². The Balaban J connectivity index is 1.54. The summed E-state index contributed by atoms with van der Waals surface area (Å²) in [5, 5.41) is 9.48. The third kappa shape index (κ3) is 4.18. The number of anilines is 1. The molecule has 7 nitrogen and oxygen atoms in total. The number of benzene rings is 1. The van der Waals surface area contributed by atoms with Gasteiger partial charge in [-0.15, -0.1) is 11.3 Å². The lowest BCUT2D eigenvalue weighted by molar-refractivity contribution is -0.119. The highest BCUT2D eigenvalue weighted by Gasteiger charge is 2.19. The molecule has 1 unspecified atom stereocenters. The molecule has 150 valence electrons. The average molecular weight is 417 g/mol. The molecule has 0 radical (unpaired) electrons. The van der Waals surface area contributed by atoms with Crippen LogP contribution in [0.5, 0.6) is 0 Å². The fraction of sp³-hybridized carbons (Fsp3) is 0.136. The van der Waals surface area contributed by atoms with Gasteiger partial charge in [-0.2, -0.15) is 5.10 Å². The number of carbonyl (C=O) groups is 1. The van der Waals surface area contributed by atoms with Crippen LogP contribution < -0.4 is 10.9 Å². The first-order valence-corrected chi connectivity index (χ1v) is 10.2. The molecular weight excluding hydrogens is 398 g/mol. The maximum absolute atomic E-state index is 12.7. The van der Waals surface area contributed by atoms with Crippen molar-refractivity contribution in [3.05, 3.63) is 82.2 Å². The largest absolute Gasteiger partial charge is 0.300 e. The van der Waals surface area contributed by atoms with Crippen LogP contribution in [0, 0.1) is 6.92 Å². The molecule has 0 aliphatic carbocycles. The fourth-order valence-corrected chi connectivity index (χ4v) is 3.60. The van der Waals surface area contributed by atoms with Gasteiger partial charge in [0, 0.05) is 35.0 Å². The van der Waals surface area contributed by atoms with E-state index in [9.17, 15) is 9.59 Å². The summed E-state index contributed by atoms with van der Waals surface area (Å²) in [6.45, 7) is 3.64. The number of rotatable bonds is 5. The number of nitrogens with zero attached hydrogens (tertiary/aromatic N) is 4. The number of nitrogens with one attached hydrogen (secondary N) is 1. The SMILES string of the molecule is Cc1ccc(-c2ccc(=O)n(C(C)C(=O)Nc3nc(-c4cccnc4)cs3)n2)cc1. The summed E-state index contributed by atoms with van der Waals surface area (Å²) in [5.41, 5.74) is 3.89. The zero-order valence-electron chi connectivity index (χ0n) is 16.4. The number of carbonyl (C=O) groups excluding carboxylic acids is 1. The summed E-state index contributed by atoms with van der Waals surface area (Å²) in [4.78, 5) is 33.6. The van der Waals surface area contributed by atoms with E-state index in [0.717, 1.165) is 22.4 Å². The predicted octanol–water partition coefficient (Wildman–Crippen LogP) is 3.94. The second kappa shape index (κ2) is 8.38. The van der Waals surface area contributed by atoms with Gasteiger partial charge in [-0.1, -0.05) is 29.8 Å². The van der Waals surface area contributed by atoms with Crippen LogP contribution in [0.3, 0.4) is 0 Å². The van der Waals surface area contributed by atoms with E-state index in [-0.39, 0.29) is 11.5 Å². The van der Waals surface area contributed by atoms with E-state index in [1.165, 1.54) is 22.1 Å². The van der Waals surface area contributed by atoms with Crippen LogP contribution in [0.4, 0.5) is 5.13 Å². The normalized spacial score (nSPS) is 11.8. The standard InChI is InChI=1S/C22H19N5O2S/c1-14-5-7-16(8-6-14)18-9-10-20(28)27(26-18)15(2)21(29)25-22-24-19(13-30-22)17-4-3-11-23-12-17/h3-13,15H,1-2H3,(H,24,25,29). The lowest BCUT2D eigenvalue weighted by atomic mass is 10.1. The van der Waals surface area contributed by atoms with Gasteiger partial charge in [-0.05, 0) is 32.0 Å². The van der Waals surface area contributed by atoms with Crippen LogP contribution in [0.15, 0.2) is 71.1 Å². The first-order valence-electron chi connectivity index (χ1n) is 9.35. The van der Waals surface area contributed by atoms with Gasteiger partial charge in [0.2, 0.25) is 0 Å². The Labute approximate surface area is 177 Å². The number of hydrogen-bond acceptors (Lipinski definition) is 6. The second-order valence-electron chi connectivity index (χ2n) is 6.81. The molecule has 0 saturated carbocycles. The maximum Gasteiger partial charge on any atom is 0.267 e. The second-order valence-corrected chi connectivity index (χ2v) is 7.67. The first-order chi connectivity index (χ1) is 14.5. The van der Waals surface area contributed by atoms with E-state index in [2.05, 4.69) is 20.4 Å². The van der Waals surface area contributed by atoms with Gasteiger partial charge in [0.1, 0.15) is 6.04 Å². The van der Waals surface area contributed by atoms with Crippen molar-refractivity contribution in [2.75, 3.05) is 5.32 Å². The van der Waals surface area contributed by atoms with Crippen LogP contribution >= 0.6 is 11.3 Å². The van der Waals surface area contributed by atoms with Gasteiger partial charge < -0.3 is 5.32 Å². The van der Waals surface area contributed by atoms with Crippen molar-refractivity contribution in [2.45, 2.75) is 19.9 Å². The van der Waals surface area contributed by atoms with E-state index < -0.39 is 6.04 Å². The molecule has 3 heterocycles. The minimum Gasteiger partial charge on any atom is -0.300 e. The van der Waals surface area contributed by atoms with Gasteiger partial charge in [0.05, 0.1) is 11.4 Å². The van der Waals surface area contributed by atoms with Crippen LogP contribution in [0.2, 0.25) is 0 Å². The summed E-state index contributed by atoms with van der Waals surface area (Å²) < 4.78 is 1.19. The van der Waals surface area contributed by atoms with Crippen molar-refractivity contribution in [1.82, 2.24) is 19.7 Å². The molecule has 0 fully saturated rings. The molecule has 1 amide bonds. The number of aromatic nitrogens is 4.